The molecule has 0 bridgehead atoms. The zero-order valence-corrected chi connectivity index (χ0v) is 11.6. The van der Waals surface area contributed by atoms with Crippen molar-refractivity contribution >= 4 is 5.97 Å². The number of hydrogen-bond acceptors (Lipinski definition) is 5. The van der Waals surface area contributed by atoms with Gasteiger partial charge in [0, 0.05) is 5.56 Å². The molecule has 0 fully saturated rings. The zero-order valence-electron chi connectivity index (χ0n) is 11.6. The van der Waals surface area contributed by atoms with Crippen molar-refractivity contribution in [3.05, 3.63) is 47.5 Å². The minimum Gasteiger partial charge on any atom is -0.465 e. The van der Waals surface area contributed by atoms with Crippen LogP contribution in [0, 0.1) is 0 Å². The van der Waals surface area contributed by atoms with Crippen molar-refractivity contribution in [1.82, 2.24) is 0 Å². The Balaban J connectivity index is 2.12. The van der Waals surface area contributed by atoms with Crippen LogP contribution in [-0.4, -0.2) is 18.2 Å². The molecule has 0 aliphatic carbocycles. The van der Waals surface area contributed by atoms with Gasteiger partial charge in [-0.15, -0.1) is 0 Å². The van der Waals surface area contributed by atoms with Crippen LogP contribution in [0.1, 0.15) is 28.9 Å². The van der Waals surface area contributed by atoms with Crippen molar-refractivity contribution in [2.75, 3.05) is 7.11 Å². The lowest BCUT2D eigenvalue weighted by Crippen LogP contribution is -2.09. The first-order valence-corrected chi connectivity index (χ1v) is 6.50. The van der Waals surface area contributed by atoms with Crippen LogP contribution in [0.15, 0.2) is 36.4 Å². The number of hydrogen-bond donors (Lipinski definition) is 1. The summed E-state index contributed by atoms with van der Waals surface area (Å²) in [7, 11) is 1.31. The highest BCUT2D eigenvalue weighted by molar-refractivity contribution is 5.94. The molecule has 0 spiro atoms. The maximum Gasteiger partial charge on any atom is 0.341 e. The molecular formula is C16H14O5. The molecule has 5 heteroatoms. The van der Waals surface area contributed by atoms with E-state index in [-0.39, 0.29) is 5.56 Å². The third-order valence-electron chi connectivity index (χ3n) is 3.27. The van der Waals surface area contributed by atoms with Crippen LogP contribution in [0.25, 0.3) is 0 Å². The van der Waals surface area contributed by atoms with E-state index >= 15 is 0 Å². The topological polar surface area (TPSA) is 65.0 Å². The van der Waals surface area contributed by atoms with E-state index in [1.54, 1.807) is 43.3 Å². The number of para-hydroxylation sites is 2. The van der Waals surface area contributed by atoms with Crippen LogP contribution >= 0.6 is 0 Å². The Hall–Kier alpha value is -2.53. The summed E-state index contributed by atoms with van der Waals surface area (Å²) in [5.74, 6) is 1.14. The second-order valence-electron chi connectivity index (χ2n) is 4.68. The number of ether oxygens (including phenoxy) is 3. The highest BCUT2D eigenvalue weighted by atomic mass is 16.6. The second kappa shape index (κ2) is 5.10. The Morgan fingerprint density at radius 1 is 1.10 bits per heavy atom. The monoisotopic (exact) mass is 286 g/mol. The zero-order chi connectivity index (χ0) is 15.0. The van der Waals surface area contributed by atoms with Gasteiger partial charge in [-0.1, -0.05) is 18.2 Å². The predicted molar refractivity (Wildman–Crippen MR) is 75.0 cm³/mol. The van der Waals surface area contributed by atoms with E-state index in [9.17, 15) is 9.90 Å². The normalized spacial score (nSPS) is 13.3. The second-order valence-corrected chi connectivity index (χ2v) is 4.68. The highest BCUT2D eigenvalue weighted by Gasteiger charge is 2.27. The van der Waals surface area contributed by atoms with Crippen LogP contribution in [0.2, 0.25) is 0 Å². The first-order chi connectivity index (χ1) is 10.1. The van der Waals surface area contributed by atoms with Gasteiger partial charge in [-0.25, -0.2) is 4.79 Å². The Morgan fingerprint density at radius 3 is 2.43 bits per heavy atom. The van der Waals surface area contributed by atoms with Gasteiger partial charge in [0.1, 0.15) is 5.56 Å². The number of rotatable bonds is 2. The van der Waals surface area contributed by atoms with Gasteiger partial charge in [0.2, 0.25) is 0 Å². The summed E-state index contributed by atoms with van der Waals surface area (Å²) in [5.41, 5.74) is 0.874. The van der Waals surface area contributed by atoms with Gasteiger partial charge in [0.05, 0.1) is 13.2 Å². The first-order valence-electron chi connectivity index (χ1n) is 6.50. The maximum absolute atomic E-state index is 11.8. The molecule has 1 aliphatic rings. The number of aliphatic hydroxyl groups excluding tert-OH is 1. The molecule has 21 heavy (non-hydrogen) atoms. The molecule has 1 N–H and O–H groups in total. The van der Waals surface area contributed by atoms with Crippen LogP contribution in [0.5, 0.6) is 23.0 Å². The maximum atomic E-state index is 11.8. The number of carbonyl (C=O) groups is 1. The summed E-state index contributed by atoms with van der Waals surface area (Å²) in [6, 6.07) is 10.3. The lowest BCUT2D eigenvalue weighted by molar-refractivity contribution is 0.0596. The molecule has 5 nitrogen and oxygen atoms in total. The summed E-state index contributed by atoms with van der Waals surface area (Å²) in [6.07, 6.45) is -0.713. The number of carbonyl (C=O) groups excluding carboxylic acids is 1. The van der Waals surface area contributed by atoms with E-state index < -0.39 is 12.1 Å². The number of esters is 1. The Morgan fingerprint density at radius 2 is 1.76 bits per heavy atom. The molecule has 0 unspecified atom stereocenters. The van der Waals surface area contributed by atoms with Gasteiger partial charge in [-0.05, 0) is 25.1 Å². The van der Waals surface area contributed by atoms with Crippen molar-refractivity contribution < 1.29 is 24.1 Å². The first kappa shape index (κ1) is 13.5. The molecule has 3 rings (SSSR count). The number of methoxy groups -OCH3 is 1. The minimum atomic E-state index is -0.713. The number of benzene rings is 2. The van der Waals surface area contributed by atoms with Crippen LogP contribution in [0.3, 0.4) is 0 Å². The largest absolute Gasteiger partial charge is 0.465 e. The molecule has 1 aliphatic heterocycles. The lowest BCUT2D eigenvalue weighted by Gasteiger charge is -2.24. The van der Waals surface area contributed by atoms with Crippen molar-refractivity contribution in [2.24, 2.45) is 0 Å². The van der Waals surface area contributed by atoms with Crippen LogP contribution in [-0.2, 0) is 4.74 Å². The van der Waals surface area contributed by atoms with Crippen molar-refractivity contribution in [1.29, 1.82) is 0 Å². The van der Waals surface area contributed by atoms with Crippen LogP contribution in [0.4, 0.5) is 0 Å². The highest BCUT2D eigenvalue weighted by Crippen LogP contribution is 2.49. The quantitative estimate of drug-likeness (QED) is 0.731. The lowest BCUT2D eigenvalue weighted by atomic mass is 10.1. The SMILES string of the molecule is COC(=O)c1cccc2c1Oc1c(cccc1[C@@H](C)O)O2. The number of aliphatic hydroxyl groups is 1. The molecule has 0 saturated carbocycles. The van der Waals surface area contributed by atoms with Crippen molar-refractivity contribution in [3.63, 3.8) is 0 Å². The van der Waals surface area contributed by atoms with E-state index in [0.717, 1.165) is 0 Å². The molecule has 1 heterocycles. The Labute approximate surface area is 121 Å². The average molecular weight is 286 g/mol. The van der Waals surface area contributed by atoms with Crippen LogP contribution < -0.4 is 9.47 Å². The average Bonchev–Trinajstić information content (AvgIpc) is 2.50. The summed E-state index contributed by atoms with van der Waals surface area (Å²) >= 11 is 0. The van der Waals surface area contributed by atoms with E-state index in [1.165, 1.54) is 7.11 Å². The molecule has 1 atom stereocenters. The Kier molecular flexibility index (Phi) is 3.27. The minimum absolute atomic E-state index is 0.279. The summed E-state index contributed by atoms with van der Waals surface area (Å²) in [6.45, 7) is 1.64. The van der Waals surface area contributed by atoms with E-state index in [1.807, 2.05) is 0 Å². The molecule has 2 aromatic carbocycles. The molecule has 0 aromatic heterocycles. The molecule has 0 radical (unpaired) electrons. The third kappa shape index (κ3) is 2.21. The van der Waals surface area contributed by atoms with Gasteiger partial charge in [-0.2, -0.15) is 0 Å². The van der Waals surface area contributed by atoms with Crippen molar-refractivity contribution in [2.45, 2.75) is 13.0 Å². The third-order valence-corrected chi connectivity index (χ3v) is 3.27. The fraction of sp³-hybridized carbons (Fsp3) is 0.188. The van der Waals surface area contributed by atoms with Gasteiger partial charge < -0.3 is 19.3 Å². The predicted octanol–water partition coefficient (Wildman–Crippen LogP) is 3.42. The van der Waals surface area contributed by atoms with Gasteiger partial charge in [0.25, 0.3) is 0 Å². The smallest absolute Gasteiger partial charge is 0.341 e. The summed E-state index contributed by atoms with van der Waals surface area (Å²) in [4.78, 5) is 11.8. The molecule has 2 aromatic rings. The van der Waals surface area contributed by atoms with Gasteiger partial charge in [0.15, 0.2) is 23.0 Å². The van der Waals surface area contributed by atoms with Gasteiger partial charge >= 0.3 is 5.97 Å². The van der Waals surface area contributed by atoms with E-state index in [2.05, 4.69) is 0 Å². The molecule has 108 valence electrons. The Bertz CT molecular complexity index is 706. The number of fused-ring (bicyclic) bond motifs is 2. The standard InChI is InChI=1S/C16H14O5/c1-9(17)10-5-3-7-12-14(10)21-15-11(16(18)19-2)6-4-8-13(15)20-12/h3-9,17H,1-2H3/t9-/m1/s1. The molecule has 0 amide bonds. The molecule has 0 saturated heterocycles. The molecular weight excluding hydrogens is 272 g/mol. The fourth-order valence-electron chi connectivity index (χ4n) is 2.24. The fourth-order valence-corrected chi connectivity index (χ4v) is 2.24. The summed E-state index contributed by atoms with van der Waals surface area (Å²) < 4.78 is 16.3. The van der Waals surface area contributed by atoms with Crippen molar-refractivity contribution in [3.8, 4) is 23.0 Å². The summed E-state index contributed by atoms with van der Waals surface area (Å²) in [5, 5.41) is 9.83. The van der Waals surface area contributed by atoms with Gasteiger partial charge in [-0.3, -0.25) is 0 Å². The van der Waals surface area contributed by atoms with E-state index in [4.69, 9.17) is 14.2 Å². The van der Waals surface area contributed by atoms with E-state index in [0.29, 0.717) is 28.6 Å².